The average Bonchev–Trinajstić information content (AvgIpc) is 3.20. The molecule has 1 aliphatic rings. The van der Waals surface area contributed by atoms with Gasteiger partial charge in [0, 0.05) is 40.2 Å². The van der Waals surface area contributed by atoms with E-state index in [4.69, 9.17) is 0 Å². The van der Waals surface area contributed by atoms with Gasteiger partial charge in [-0.25, -0.2) is 0 Å². The Morgan fingerprint density at radius 1 is 0.926 bits per heavy atom. The van der Waals surface area contributed by atoms with Gasteiger partial charge in [0.05, 0.1) is 9.92 Å². The van der Waals surface area contributed by atoms with Gasteiger partial charge < -0.3 is 4.90 Å². The molecule has 5 rings (SSSR count). The molecule has 2 aromatic carbocycles. The Balaban J connectivity index is 1.67. The zero-order chi connectivity index (χ0) is 18.7. The van der Waals surface area contributed by atoms with Gasteiger partial charge in [-0.3, -0.25) is 0 Å². The number of fused-ring (bicyclic) bond motifs is 4. The molecule has 0 spiro atoms. The molecule has 1 aliphatic heterocycles. The number of pyridine rings is 1. The van der Waals surface area contributed by atoms with Crippen LogP contribution in [0.5, 0.6) is 0 Å². The van der Waals surface area contributed by atoms with E-state index < -0.39 is 0 Å². The summed E-state index contributed by atoms with van der Waals surface area (Å²) in [5.41, 5.74) is 5.26. The number of rotatable bonds is 1. The van der Waals surface area contributed by atoms with Gasteiger partial charge in [-0.05, 0) is 31.5 Å². The molecule has 0 aliphatic carbocycles. The predicted octanol–water partition coefficient (Wildman–Crippen LogP) is 6.04. The summed E-state index contributed by atoms with van der Waals surface area (Å²) in [7, 11) is 4.36. The third kappa shape index (κ3) is 2.43. The van der Waals surface area contributed by atoms with Crippen LogP contribution in [0.3, 0.4) is 0 Å². The van der Waals surface area contributed by atoms with Crippen LogP contribution in [-0.2, 0) is 7.05 Å². The lowest BCUT2D eigenvalue weighted by atomic mass is 10.0. The van der Waals surface area contributed by atoms with Crippen molar-refractivity contribution in [3.05, 3.63) is 70.4 Å². The molecule has 0 bridgehead atoms. The van der Waals surface area contributed by atoms with E-state index in [0.717, 1.165) is 0 Å². The van der Waals surface area contributed by atoms with Gasteiger partial charge in [-0.1, -0.05) is 42.1 Å². The summed E-state index contributed by atoms with van der Waals surface area (Å²) in [6.07, 6.45) is 2.35. The van der Waals surface area contributed by atoms with Crippen LogP contribution in [0.1, 0.15) is 16.8 Å². The van der Waals surface area contributed by atoms with E-state index in [-0.39, 0.29) is 0 Å². The highest BCUT2D eigenvalue weighted by atomic mass is 32.2. The molecule has 3 heterocycles. The first-order chi connectivity index (χ1) is 13.1. The van der Waals surface area contributed by atoms with Crippen LogP contribution in [0.25, 0.3) is 27.1 Å². The highest BCUT2D eigenvalue weighted by Gasteiger charge is 2.28. The van der Waals surface area contributed by atoms with E-state index in [1.54, 1.807) is 0 Å². The van der Waals surface area contributed by atoms with Crippen LogP contribution in [0, 0.1) is 13.8 Å². The third-order valence-corrected chi connectivity index (χ3v) is 8.21. The number of hydrogen-bond acceptors (Lipinski definition) is 3. The van der Waals surface area contributed by atoms with Crippen molar-refractivity contribution in [3.8, 4) is 0 Å². The number of anilines is 1. The van der Waals surface area contributed by atoms with Gasteiger partial charge in [0.25, 0.3) is 0 Å². The smallest absolute Gasteiger partial charge is 0.213 e. The summed E-state index contributed by atoms with van der Waals surface area (Å²) in [6, 6.07) is 17.4. The number of nitrogens with zero attached hydrogens (tertiary/aromatic N) is 2. The topological polar surface area (TPSA) is 7.12 Å². The van der Waals surface area contributed by atoms with E-state index in [0.29, 0.717) is 0 Å². The summed E-state index contributed by atoms with van der Waals surface area (Å²) in [5, 5.41) is 5.34. The number of hydrogen-bond donors (Lipinski definition) is 0. The molecule has 0 amide bonds. The summed E-state index contributed by atoms with van der Waals surface area (Å²) in [4.78, 5) is 3.73. The fourth-order valence-corrected chi connectivity index (χ4v) is 6.47. The van der Waals surface area contributed by atoms with Crippen LogP contribution in [0.15, 0.2) is 58.5 Å². The van der Waals surface area contributed by atoms with Gasteiger partial charge in [-0.2, -0.15) is 4.57 Å². The van der Waals surface area contributed by atoms with Crippen molar-refractivity contribution in [1.29, 1.82) is 0 Å². The highest BCUT2D eigenvalue weighted by molar-refractivity contribution is 8.04. The highest BCUT2D eigenvalue weighted by Crippen LogP contribution is 2.54. The molecule has 27 heavy (non-hydrogen) atoms. The Morgan fingerprint density at radius 3 is 2.44 bits per heavy atom. The second-order valence-corrected chi connectivity index (χ2v) is 9.15. The fourth-order valence-electron chi connectivity index (χ4n) is 3.91. The second kappa shape index (κ2) is 6.11. The van der Waals surface area contributed by atoms with Crippen LogP contribution < -0.4 is 9.47 Å². The summed E-state index contributed by atoms with van der Waals surface area (Å²) >= 11 is 3.77. The first kappa shape index (κ1) is 16.8. The molecular weight excluding hydrogens is 368 g/mol. The normalized spacial score (nSPS) is 15.3. The van der Waals surface area contributed by atoms with Gasteiger partial charge in [-0.15, -0.1) is 11.3 Å². The van der Waals surface area contributed by atoms with E-state index >= 15 is 0 Å². The summed E-state index contributed by atoms with van der Waals surface area (Å²) < 4.78 is 3.69. The van der Waals surface area contributed by atoms with Crippen LogP contribution in [0.2, 0.25) is 0 Å². The molecular formula is C23H21N2S2+. The number of thioether (sulfide) groups is 1. The summed E-state index contributed by atoms with van der Waals surface area (Å²) in [6.45, 7) is 4.47. The Labute approximate surface area is 167 Å². The first-order valence-corrected chi connectivity index (χ1v) is 10.7. The second-order valence-electron chi connectivity index (χ2n) is 7.09. The number of aryl methyl sites for hydroxylation is 2. The maximum atomic E-state index is 2.35. The lowest BCUT2D eigenvalue weighted by molar-refractivity contribution is -0.647. The Hall–Kier alpha value is -2.30. The van der Waals surface area contributed by atoms with Crippen molar-refractivity contribution >= 4 is 55.2 Å². The zero-order valence-corrected chi connectivity index (χ0v) is 17.5. The minimum Gasteiger partial charge on any atom is -0.330 e. The number of thiophene rings is 1. The number of aromatic nitrogens is 1. The van der Waals surface area contributed by atoms with Crippen molar-refractivity contribution in [2.24, 2.45) is 7.05 Å². The molecule has 0 saturated carbocycles. The van der Waals surface area contributed by atoms with E-state index in [2.05, 4.69) is 92.0 Å². The van der Waals surface area contributed by atoms with Crippen LogP contribution >= 0.6 is 23.1 Å². The van der Waals surface area contributed by atoms with Crippen LogP contribution in [0.4, 0.5) is 5.00 Å². The van der Waals surface area contributed by atoms with Crippen molar-refractivity contribution in [1.82, 2.24) is 0 Å². The van der Waals surface area contributed by atoms with Crippen LogP contribution in [-0.4, -0.2) is 7.05 Å². The molecule has 0 radical (unpaired) electrons. The zero-order valence-electron chi connectivity index (χ0n) is 15.9. The van der Waals surface area contributed by atoms with E-state index in [9.17, 15) is 0 Å². The Morgan fingerprint density at radius 2 is 1.63 bits per heavy atom. The Kier molecular flexibility index (Phi) is 3.81. The predicted molar refractivity (Wildman–Crippen MR) is 119 cm³/mol. The maximum absolute atomic E-state index is 2.35. The lowest BCUT2D eigenvalue weighted by Crippen LogP contribution is -2.34. The molecule has 0 saturated heterocycles. The molecule has 4 heteroatoms. The molecule has 0 unspecified atom stereocenters. The Bertz CT molecular complexity index is 1250. The quantitative estimate of drug-likeness (QED) is 0.367. The monoisotopic (exact) mass is 389 g/mol. The third-order valence-electron chi connectivity index (χ3n) is 5.61. The minimum atomic E-state index is 1.28. The van der Waals surface area contributed by atoms with Crippen molar-refractivity contribution < 1.29 is 4.57 Å². The molecule has 0 fully saturated rings. The number of benzene rings is 2. The minimum absolute atomic E-state index is 1.28. The maximum Gasteiger partial charge on any atom is 0.213 e. The van der Waals surface area contributed by atoms with Crippen molar-refractivity contribution in [2.45, 2.75) is 18.7 Å². The van der Waals surface area contributed by atoms with Gasteiger partial charge >= 0.3 is 0 Å². The SMILES string of the molecule is Cc1c(C)c2ccccc2[n+](C)c1C=C1Sc2c(sc3ccccc23)N1C. The standard InChI is InChI=1S/C23H21N2S2/c1-14-15(2)19(24(3)18-11-7-5-9-16(14)18)13-21-25(4)23-22(27-21)17-10-6-8-12-20(17)26-23/h5-13H,1-4H3/q+1. The molecule has 2 aromatic heterocycles. The molecule has 0 atom stereocenters. The largest absolute Gasteiger partial charge is 0.330 e. The van der Waals surface area contributed by atoms with E-state index in [1.165, 1.54) is 52.7 Å². The average molecular weight is 390 g/mol. The van der Waals surface area contributed by atoms with E-state index in [1.807, 2.05) is 23.1 Å². The molecule has 0 N–H and O–H groups in total. The first-order valence-electron chi connectivity index (χ1n) is 9.09. The molecule has 4 aromatic rings. The molecule has 2 nitrogen and oxygen atoms in total. The number of para-hydroxylation sites is 1. The fraction of sp³-hybridized carbons (Fsp3) is 0.174. The molecule has 134 valence electrons. The van der Waals surface area contributed by atoms with Gasteiger partial charge in [0.15, 0.2) is 0 Å². The van der Waals surface area contributed by atoms with Crippen molar-refractivity contribution in [3.63, 3.8) is 0 Å². The van der Waals surface area contributed by atoms with Gasteiger partial charge in [0.2, 0.25) is 11.2 Å². The summed E-state index contributed by atoms with van der Waals surface area (Å²) in [5.74, 6) is 0. The van der Waals surface area contributed by atoms with Gasteiger partial charge in [0.1, 0.15) is 12.0 Å². The van der Waals surface area contributed by atoms with Crippen molar-refractivity contribution in [2.75, 3.05) is 11.9 Å². The lowest BCUT2D eigenvalue weighted by Gasteiger charge is -2.13.